The van der Waals surface area contributed by atoms with Crippen molar-refractivity contribution in [3.05, 3.63) is 23.8 Å². The number of primary sulfonamides is 1. The van der Waals surface area contributed by atoms with Crippen molar-refractivity contribution in [2.45, 2.75) is 31.2 Å². The Morgan fingerprint density at radius 2 is 2.11 bits per heavy atom. The first kappa shape index (κ1) is 15.5. The average Bonchev–Trinajstić information content (AvgIpc) is 2.26. The molecule has 1 rings (SSSR count). The van der Waals surface area contributed by atoms with Crippen LogP contribution in [-0.2, 0) is 21.2 Å². The Morgan fingerprint density at radius 3 is 2.58 bits per heavy atom. The highest BCUT2D eigenvalue weighted by atomic mass is 32.2. The molecule has 1 aromatic carbocycles. The van der Waals surface area contributed by atoms with Gasteiger partial charge < -0.3 is 10.1 Å². The molecule has 106 valence electrons. The molecule has 0 fully saturated rings. The Bertz CT molecular complexity index is 569. The number of methoxy groups -OCH3 is 1. The zero-order valence-electron chi connectivity index (χ0n) is 11.1. The molecule has 19 heavy (non-hydrogen) atoms. The Hall–Kier alpha value is -1.60. The van der Waals surface area contributed by atoms with Crippen LogP contribution >= 0.6 is 0 Å². The van der Waals surface area contributed by atoms with Gasteiger partial charge in [-0.25, -0.2) is 13.6 Å². The molecular formula is C12H18N2O4S. The van der Waals surface area contributed by atoms with Crippen molar-refractivity contribution in [2.24, 2.45) is 5.14 Å². The maximum absolute atomic E-state index is 11.5. The SMILES string of the molecule is COc1ccc(C[C@@H](C)NC(C)=O)cc1S(N)(=O)=O. The van der Waals surface area contributed by atoms with Gasteiger partial charge in [0.15, 0.2) is 0 Å². The summed E-state index contributed by atoms with van der Waals surface area (Å²) < 4.78 is 27.9. The van der Waals surface area contributed by atoms with E-state index in [9.17, 15) is 13.2 Å². The Morgan fingerprint density at radius 1 is 1.47 bits per heavy atom. The highest BCUT2D eigenvalue weighted by Crippen LogP contribution is 2.24. The van der Waals surface area contributed by atoms with Crippen LogP contribution in [-0.4, -0.2) is 27.5 Å². The van der Waals surface area contributed by atoms with Crippen molar-refractivity contribution >= 4 is 15.9 Å². The lowest BCUT2D eigenvalue weighted by Crippen LogP contribution is -2.32. The van der Waals surface area contributed by atoms with E-state index in [1.807, 2.05) is 6.92 Å². The number of benzene rings is 1. The monoisotopic (exact) mass is 286 g/mol. The fourth-order valence-electron chi connectivity index (χ4n) is 1.82. The second-order valence-electron chi connectivity index (χ2n) is 4.34. The van der Waals surface area contributed by atoms with Crippen molar-refractivity contribution in [1.82, 2.24) is 5.32 Å². The maximum atomic E-state index is 11.5. The molecule has 0 saturated heterocycles. The van der Waals surface area contributed by atoms with Crippen LogP contribution < -0.4 is 15.2 Å². The second-order valence-corrected chi connectivity index (χ2v) is 5.87. The minimum Gasteiger partial charge on any atom is -0.495 e. The summed E-state index contributed by atoms with van der Waals surface area (Å²) in [7, 11) is -2.46. The van der Waals surface area contributed by atoms with Gasteiger partial charge in [-0.3, -0.25) is 4.79 Å². The van der Waals surface area contributed by atoms with Gasteiger partial charge in [0.1, 0.15) is 10.6 Å². The van der Waals surface area contributed by atoms with E-state index in [1.54, 1.807) is 12.1 Å². The molecule has 3 N–H and O–H groups in total. The van der Waals surface area contributed by atoms with Crippen molar-refractivity contribution in [2.75, 3.05) is 7.11 Å². The summed E-state index contributed by atoms with van der Waals surface area (Å²) in [5.74, 6) is 0.0751. The first-order valence-corrected chi connectivity index (χ1v) is 7.25. The predicted octanol–water partition coefficient (Wildman–Crippen LogP) is 0.410. The lowest BCUT2D eigenvalue weighted by molar-refractivity contribution is -0.119. The van der Waals surface area contributed by atoms with Gasteiger partial charge in [0, 0.05) is 13.0 Å². The molecule has 7 heteroatoms. The van der Waals surface area contributed by atoms with E-state index in [0.717, 1.165) is 5.56 Å². The highest BCUT2D eigenvalue weighted by molar-refractivity contribution is 7.89. The summed E-state index contributed by atoms with van der Waals surface area (Å²) in [5, 5.41) is 7.86. The zero-order chi connectivity index (χ0) is 14.6. The quantitative estimate of drug-likeness (QED) is 0.819. The van der Waals surface area contributed by atoms with Gasteiger partial charge >= 0.3 is 0 Å². The van der Waals surface area contributed by atoms with Gasteiger partial charge in [-0.2, -0.15) is 0 Å². The molecule has 0 spiro atoms. The third-order valence-corrected chi connectivity index (χ3v) is 3.46. The number of amides is 1. The molecule has 0 aromatic heterocycles. The van der Waals surface area contributed by atoms with Gasteiger partial charge in [-0.15, -0.1) is 0 Å². The summed E-state index contributed by atoms with van der Waals surface area (Å²) in [6, 6.07) is 4.66. The Kier molecular flexibility index (Phi) is 4.90. The molecule has 0 radical (unpaired) electrons. The van der Waals surface area contributed by atoms with Crippen LogP contribution in [0.25, 0.3) is 0 Å². The van der Waals surface area contributed by atoms with Crippen LogP contribution in [0.3, 0.4) is 0 Å². The van der Waals surface area contributed by atoms with Gasteiger partial charge in [0.05, 0.1) is 7.11 Å². The van der Waals surface area contributed by atoms with Crippen LogP contribution in [0.2, 0.25) is 0 Å². The van der Waals surface area contributed by atoms with E-state index in [1.165, 1.54) is 20.1 Å². The first-order chi connectivity index (χ1) is 8.74. The van der Waals surface area contributed by atoms with Crippen molar-refractivity contribution in [3.8, 4) is 5.75 Å². The van der Waals surface area contributed by atoms with Crippen LogP contribution in [0, 0.1) is 0 Å². The smallest absolute Gasteiger partial charge is 0.241 e. The Balaban J connectivity index is 3.02. The number of nitrogens with two attached hydrogens (primary N) is 1. The lowest BCUT2D eigenvalue weighted by Gasteiger charge is -2.14. The maximum Gasteiger partial charge on any atom is 0.241 e. The van der Waals surface area contributed by atoms with Crippen molar-refractivity contribution in [1.29, 1.82) is 0 Å². The molecule has 0 aliphatic rings. The predicted molar refractivity (Wildman–Crippen MR) is 71.3 cm³/mol. The third-order valence-electron chi connectivity index (χ3n) is 2.53. The number of ether oxygens (including phenoxy) is 1. The molecule has 1 atom stereocenters. The first-order valence-electron chi connectivity index (χ1n) is 5.71. The molecule has 6 nitrogen and oxygen atoms in total. The number of hydrogen-bond acceptors (Lipinski definition) is 4. The fraction of sp³-hybridized carbons (Fsp3) is 0.417. The summed E-state index contributed by atoms with van der Waals surface area (Å²) in [6.07, 6.45) is 0.506. The average molecular weight is 286 g/mol. The third kappa shape index (κ3) is 4.53. The van der Waals surface area contributed by atoms with E-state index in [0.29, 0.717) is 6.42 Å². The van der Waals surface area contributed by atoms with E-state index in [4.69, 9.17) is 9.88 Å². The lowest BCUT2D eigenvalue weighted by atomic mass is 10.1. The van der Waals surface area contributed by atoms with Gasteiger partial charge in [-0.1, -0.05) is 6.07 Å². The molecule has 0 saturated carbocycles. The number of rotatable bonds is 5. The van der Waals surface area contributed by atoms with Crippen molar-refractivity contribution < 1.29 is 17.9 Å². The van der Waals surface area contributed by atoms with E-state index >= 15 is 0 Å². The topological polar surface area (TPSA) is 98.5 Å². The standard InChI is InChI=1S/C12H18N2O4S/c1-8(14-9(2)15)6-10-4-5-11(18-3)12(7-10)19(13,16)17/h4-5,7-8H,6H2,1-3H3,(H,14,15)(H2,13,16,17)/t8-/m1/s1. The van der Waals surface area contributed by atoms with Crippen molar-refractivity contribution in [3.63, 3.8) is 0 Å². The summed E-state index contributed by atoms with van der Waals surface area (Å²) >= 11 is 0. The van der Waals surface area contributed by atoms with Gasteiger partial charge in [-0.05, 0) is 31.0 Å². The summed E-state index contributed by atoms with van der Waals surface area (Å²) in [5.41, 5.74) is 0.756. The number of carbonyl (C=O) groups is 1. The molecule has 0 bridgehead atoms. The highest BCUT2D eigenvalue weighted by Gasteiger charge is 2.16. The van der Waals surface area contributed by atoms with E-state index in [2.05, 4.69) is 5.32 Å². The second kappa shape index (κ2) is 6.03. The van der Waals surface area contributed by atoms with E-state index in [-0.39, 0.29) is 22.6 Å². The summed E-state index contributed by atoms with van der Waals surface area (Å²) in [4.78, 5) is 10.9. The molecule has 0 aliphatic heterocycles. The number of nitrogens with one attached hydrogen (secondary N) is 1. The van der Waals surface area contributed by atoms with Crippen LogP contribution in [0.1, 0.15) is 19.4 Å². The molecule has 1 aromatic rings. The van der Waals surface area contributed by atoms with Gasteiger partial charge in [0.2, 0.25) is 15.9 Å². The Labute approximate surface area is 113 Å². The number of carbonyl (C=O) groups excluding carboxylic acids is 1. The van der Waals surface area contributed by atoms with Crippen LogP contribution in [0.4, 0.5) is 0 Å². The van der Waals surface area contributed by atoms with E-state index < -0.39 is 10.0 Å². The minimum atomic E-state index is -3.84. The van der Waals surface area contributed by atoms with Crippen LogP contribution in [0.15, 0.2) is 23.1 Å². The van der Waals surface area contributed by atoms with Gasteiger partial charge in [0.25, 0.3) is 0 Å². The summed E-state index contributed by atoms with van der Waals surface area (Å²) in [6.45, 7) is 3.27. The fourth-order valence-corrected chi connectivity index (χ4v) is 2.57. The molecular weight excluding hydrogens is 268 g/mol. The number of hydrogen-bond donors (Lipinski definition) is 2. The normalized spacial score (nSPS) is 12.8. The largest absolute Gasteiger partial charge is 0.495 e. The zero-order valence-corrected chi connectivity index (χ0v) is 12.0. The van der Waals surface area contributed by atoms with Crippen LogP contribution in [0.5, 0.6) is 5.75 Å². The molecule has 0 aliphatic carbocycles. The molecule has 1 amide bonds. The minimum absolute atomic E-state index is 0.0532. The number of sulfonamides is 1. The molecule has 0 unspecified atom stereocenters. The molecule has 0 heterocycles.